The highest BCUT2D eigenvalue weighted by molar-refractivity contribution is 6.30. The number of carbonyl (C=O) groups is 1. The molecule has 0 spiro atoms. The molecular weight excluding hydrogens is 399 g/mol. The molecule has 0 saturated carbocycles. The van der Waals surface area contributed by atoms with Gasteiger partial charge in [0, 0.05) is 10.0 Å². The highest BCUT2D eigenvalue weighted by Crippen LogP contribution is 2.21. The number of hydrogen-bond donors (Lipinski definition) is 0. The van der Waals surface area contributed by atoms with E-state index in [1.54, 1.807) is 48.5 Å². The van der Waals surface area contributed by atoms with Crippen molar-refractivity contribution in [2.75, 3.05) is 0 Å². The Kier molecular flexibility index (Phi) is 6.80. The van der Waals surface area contributed by atoms with E-state index in [1.165, 1.54) is 0 Å². The number of carbonyl (C=O) groups excluding carboxylic acids is 1. The molecule has 6 heteroatoms. The van der Waals surface area contributed by atoms with Gasteiger partial charge in [-0.25, -0.2) is 4.79 Å². The van der Waals surface area contributed by atoms with Gasteiger partial charge in [0.2, 0.25) is 0 Å². The maximum atomic E-state index is 12.6. The quantitative estimate of drug-likeness (QED) is 0.359. The standard InChI is InChI=1S/C22H18Cl2O4/c1-15-2-4-16(5-3-15)14-26-21(25)22(27-19-10-6-17(23)7-11-19)28-20-12-8-18(24)9-13-20/h2-13,22H,14H2,1H3. The van der Waals surface area contributed by atoms with Crippen LogP contribution < -0.4 is 9.47 Å². The lowest BCUT2D eigenvalue weighted by molar-refractivity contribution is -0.167. The minimum Gasteiger partial charge on any atom is -0.455 e. The molecule has 28 heavy (non-hydrogen) atoms. The fourth-order valence-corrected chi connectivity index (χ4v) is 2.55. The molecule has 0 bridgehead atoms. The third kappa shape index (κ3) is 5.91. The van der Waals surface area contributed by atoms with Crippen molar-refractivity contribution >= 4 is 29.2 Å². The Balaban J connectivity index is 1.71. The summed E-state index contributed by atoms with van der Waals surface area (Å²) >= 11 is 11.8. The van der Waals surface area contributed by atoms with Crippen molar-refractivity contribution in [3.05, 3.63) is 94.0 Å². The molecule has 0 amide bonds. The summed E-state index contributed by atoms with van der Waals surface area (Å²) in [6.07, 6.45) is -1.28. The maximum absolute atomic E-state index is 12.6. The van der Waals surface area contributed by atoms with E-state index in [2.05, 4.69) is 0 Å². The molecule has 0 fully saturated rings. The van der Waals surface area contributed by atoms with Crippen LogP contribution in [0.25, 0.3) is 0 Å². The second-order valence-corrected chi connectivity index (χ2v) is 6.94. The summed E-state index contributed by atoms with van der Waals surface area (Å²) < 4.78 is 16.8. The number of ether oxygens (including phenoxy) is 3. The average Bonchev–Trinajstić information content (AvgIpc) is 2.70. The Morgan fingerprint density at radius 3 is 1.71 bits per heavy atom. The van der Waals surface area contributed by atoms with Crippen molar-refractivity contribution in [3.8, 4) is 11.5 Å². The number of esters is 1. The highest BCUT2D eigenvalue weighted by Gasteiger charge is 2.25. The number of rotatable bonds is 7. The number of halogens is 2. The molecule has 0 radical (unpaired) electrons. The smallest absolute Gasteiger partial charge is 0.389 e. The van der Waals surface area contributed by atoms with Gasteiger partial charge in [-0.1, -0.05) is 53.0 Å². The van der Waals surface area contributed by atoms with Crippen LogP contribution in [0.1, 0.15) is 11.1 Å². The number of benzene rings is 3. The van der Waals surface area contributed by atoms with Crippen LogP contribution in [0.3, 0.4) is 0 Å². The average molecular weight is 417 g/mol. The Hall–Kier alpha value is -2.69. The zero-order valence-electron chi connectivity index (χ0n) is 15.1. The van der Waals surface area contributed by atoms with E-state index in [0.29, 0.717) is 21.5 Å². The Bertz CT molecular complexity index is 859. The molecular formula is C22H18Cl2O4. The van der Waals surface area contributed by atoms with Gasteiger partial charge in [0.25, 0.3) is 0 Å². The van der Waals surface area contributed by atoms with Crippen molar-refractivity contribution in [1.82, 2.24) is 0 Å². The third-order valence-electron chi connectivity index (χ3n) is 3.81. The van der Waals surface area contributed by atoms with E-state index < -0.39 is 12.3 Å². The predicted molar refractivity (Wildman–Crippen MR) is 109 cm³/mol. The molecule has 144 valence electrons. The zero-order chi connectivity index (χ0) is 19.9. The first-order valence-corrected chi connectivity index (χ1v) is 9.32. The molecule has 3 aromatic rings. The lowest BCUT2D eigenvalue weighted by Gasteiger charge is -2.19. The maximum Gasteiger partial charge on any atom is 0.389 e. The van der Waals surface area contributed by atoms with Gasteiger partial charge in [0.1, 0.15) is 18.1 Å². The van der Waals surface area contributed by atoms with Crippen LogP contribution in [0.15, 0.2) is 72.8 Å². The molecule has 0 N–H and O–H groups in total. The largest absolute Gasteiger partial charge is 0.455 e. The van der Waals surface area contributed by atoms with Crippen molar-refractivity contribution in [1.29, 1.82) is 0 Å². The molecule has 0 aliphatic carbocycles. The second-order valence-electron chi connectivity index (χ2n) is 6.07. The lowest BCUT2D eigenvalue weighted by Crippen LogP contribution is -2.35. The minimum absolute atomic E-state index is 0.115. The van der Waals surface area contributed by atoms with Gasteiger partial charge in [0.05, 0.1) is 0 Å². The lowest BCUT2D eigenvalue weighted by atomic mass is 10.2. The minimum atomic E-state index is -1.28. The first-order valence-electron chi connectivity index (χ1n) is 8.56. The van der Waals surface area contributed by atoms with E-state index >= 15 is 0 Å². The summed E-state index contributed by atoms with van der Waals surface area (Å²) in [5.74, 6) is 0.205. The topological polar surface area (TPSA) is 44.8 Å². The molecule has 3 aromatic carbocycles. The second kappa shape index (κ2) is 9.49. The molecule has 0 unspecified atom stereocenters. The number of aryl methyl sites for hydroxylation is 1. The van der Waals surface area contributed by atoms with Gasteiger partial charge in [-0.2, -0.15) is 0 Å². The van der Waals surface area contributed by atoms with Crippen molar-refractivity contribution < 1.29 is 19.0 Å². The van der Waals surface area contributed by atoms with Gasteiger partial charge in [-0.3, -0.25) is 0 Å². The molecule has 0 saturated heterocycles. The van der Waals surface area contributed by atoms with Crippen LogP contribution in [-0.2, 0) is 16.1 Å². The molecule has 4 nitrogen and oxygen atoms in total. The Morgan fingerprint density at radius 2 is 1.25 bits per heavy atom. The Labute approximate surface area is 173 Å². The first-order chi connectivity index (χ1) is 13.5. The summed E-state index contributed by atoms with van der Waals surface area (Å²) in [5.41, 5.74) is 2.00. The van der Waals surface area contributed by atoms with Crippen LogP contribution in [-0.4, -0.2) is 12.3 Å². The summed E-state index contributed by atoms with van der Waals surface area (Å²) in [4.78, 5) is 12.6. The van der Waals surface area contributed by atoms with Gasteiger partial charge < -0.3 is 14.2 Å². The first kappa shape index (κ1) is 20.1. The predicted octanol–water partition coefficient (Wildman–Crippen LogP) is 5.83. The molecule has 0 aromatic heterocycles. The van der Waals surface area contributed by atoms with Crippen molar-refractivity contribution in [3.63, 3.8) is 0 Å². The van der Waals surface area contributed by atoms with Crippen LogP contribution in [0.5, 0.6) is 11.5 Å². The highest BCUT2D eigenvalue weighted by atomic mass is 35.5. The molecule has 3 rings (SSSR count). The van der Waals surface area contributed by atoms with E-state index in [4.69, 9.17) is 37.4 Å². The summed E-state index contributed by atoms with van der Waals surface area (Å²) in [6.45, 7) is 2.11. The van der Waals surface area contributed by atoms with Gasteiger partial charge in [-0.05, 0) is 61.0 Å². The molecule has 0 aliphatic rings. The van der Waals surface area contributed by atoms with E-state index in [0.717, 1.165) is 11.1 Å². The fourth-order valence-electron chi connectivity index (χ4n) is 2.30. The van der Waals surface area contributed by atoms with Crippen LogP contribution in [0.2, 0.25) is 10.0 Å². The van der Waals surface area contributed by atoms with Crippen LogP contribution >= 0.6 is 23.2 Å². The van der Waals surface area contributed by atoms with E-state index in [9.17, 15) is 4.79 Å². The fraction of sp³-hybridized carbons (Fsp3) is 0.136. The Morgan fingerprint density at radius 1 is 0.786 bits per heavy atom. The van der Waals surface area contributed by atoms with Crippen molar-refractivity contribution in [2.24, 2.45) is 0 Å². The monoisotopic (exact) mass is 416 g/mol. The number of hydrogen-bond acceptors (Lipinski definition) is 4. The van der Waals surface area contributed by atoms with E-state index in [-0.39, 0.29) is 6.61 Å². The molecule has 0 aliphatic heterocycles. The van der Waals surface area contributed by atoms with Crippen LogP contribution in [0, 0.1) is 6.92 Å². The van der Waals surface area contributed by atoms with Gasteiger partial charge in [0.15, 0.2) is 0 Å². The third-order valence-corrected chi connectivity index (χ3v) is 4.31. The zero-order valence-corrected chi connectivity index (χ0v) is 16.6. The van der Waals surface area contributed by atoms with Gasteiger partial charge in [-0.15, -0.1) is 0 Å². The van der Waals surface area contributed by atoms with E-state index in [1.807, 2.05) is 31.2 Å². The SMILES string of the molecule is Cc1ccc(COC(=O)C(Oc2ccc(Cl)cc2)Oc2ccc(Cl)cc2)cc1. The summed E-state index contributed by atoms with van der Waals surface area (Å²) in [6, 6.07) is 20.9. The van der Waals surface area contributed by atoms with Crippen molar-refractivity contribution in [2.45, 2.75) is 19.8 Å². The van der Waals surface area contributed by atoms with Gasteiger partial charge >= 0.3 is 12.3 Å². The van der Waals surface area contributed by atoms with Crippen LogP contribution in [0.4, 0.5) is 0 Å². The summed E-state index contributed by atoms with van der Waals surface area (Å²) in [5, 5.41) is 1.12. The normalized spacial score (nSPS) is 10.6. The molecule has 0 atom stereocenters. The molecule has 0 heterocycles. The summed E-state index contributed by atoms with van der Waals surface area (Å²) in [7, 11) is 0.